The van der Waals surface area contributed by atoms with Crippen molar-refractivity contribution in [3.8, 4) is 5.75 Å². The van der Waals surface area contributed by atoms with E-state index in [0.29, 0.717) is 13.1 Å². The van der Waals surface area contributed by atoms with Gasteiger partial charge in [0.25, 0.3) is 5.91 Å². The van der Waals surface area contributed by atoms with E-state index in [2.05, 4.69) is 5.32 Å². The molecular weight excluding hydrogens is 244 g/mol. The summed E-state index contributed by atoms with van der Waals surface area (Å²) in [7, 11) is 0. The summed E-state index contributed by atoms with van der Waals surface area (Å²) in [5.41, 5.74) is 0.217. The normalized spacial score (nSPS) is 18.1. The van der Waals surface area contributed by atoms with E-state index in [1.54, 1.807) is 26.0 Å². The maximum absolute atomic E-state index is 12.5. The van der Waals surface area contributed by atoms with Gasteiger partial charge in [-0.3, -0.25) is 9.59 Å². The van der Waals surface area contributed by atoms with Gasteiger partial charge in [-0.25, -0.2) is 0 Å². The molecule has 1 saturated heterocycles. The van der Waals surface area contributed by atoms with Gasteiger partial charge in [-0.05, 0) is 32.9 Å². The number of hydrogen-bond donors (Lipinski definition) is 2. The SMILES string of the molecule is Cc1ccc(O)c(C(=O)N2CCNC(=O)C2(C)C)c1. The number of benzene rings is 1. The second kappa shape index (κ2) is 4.57. The summed E-state index contributed by atoms with van der Waals surface area (Å²) in [6.45, 7) is 6.12. The molecule has 0 atom stereocenters. The summed E-state index contributed by atoms with van der Waals surface area (Å²) >= 11 is 0. The van der Waals surface area contributed by atoms with Crippen LogP contribution in [0.15, 0.2) is 18.2 Å². The highest BCUT2D eigenvalue weighted by atomic mass is 16.3. The molecule has 1 fully saturated rings. The molecule has 0 spiro atoms. The van der Waals surface area contributed by atoms with Crippen molar-refractivity contribution in [3.05, 3.63) is 29.3 Å². The summed E-state index contributed by atoms with van der Waals surface area (Å²) < 4.78 is 0. The molecule has 19 heavy (non-hydrogen) atoms. The van der Waals surface area contributed by atoms with Gasteiger partial charge < -0.3 is 15.3 Å². The number of phenolic OH excluding ortho intramolecular Hbond substituents is 1. The summed E-state index contributed by atoms with van der Waals surface area (Å²) in [4.78, 5) is 25.9. The van der Waals surface area contributed by atoms with Gasteiger partial charge in [-0.15, -0.1) is 0 Å². The van der Waals surface area contributed by atoms with E-state index < -0.39 is 5.54 Å². The van der Waals surface area contributed by atoms with E-state index in [0.717, 1.165) is 5.56 Å². The summed E-state index contributed by atoms with van der Waals surface area (Å²) in [5.74, 6) is -0.558. The first kappa shape index (κ1) is 13.4. The minimum atomic E-state index is -0.911. The van der Waals surface area contributed by atoms with Crippen LogP contribution >= 0.6 is 0 Å². The zero-order valence-electron chi connectivity index (χ0n) is 11.4. The van der Waals surface area contributed by atoms with Crippen LogP contribution in [0.3, 0.4) is 0 Å². The molecule has 1 heterocycles. The van der Waals surface area contributed by atoms with Crippen LogP contribution in [0.1, 0.15) is 29.8 Å². The Kier molecular flexibility index (Phi) is 3.22. The first-order chi connectivity index (χ1) is 8.84. The maximum Gasteiger partial charge on any atom is 0.258 e. The number of nitrogens with one attached hydrogen (secondary N) is 1. The third-order valence-electron chi connectivity index (χ3n) is 3.48. The van der Waals surface area contributed by atoms with Gasteiger partial charge in [-0.1, -0.05) is 11.6 Å². The lowest BCUT2D eigenvalue weighted by atomic mass is 9.97. The van der Waals surface area contributed by atoms with E-state index in [-0.39, 0.29) is 23.1 Å². The van der Waals surface area contributed by atoms with Crippen molar-refractivity contribution in [3.63, 3.8) is 0 Å². The molecule has 5 nitrogen and oxygen atoms in total. The van der Waals surface area contributed by atoms with E-state index >= 15 is 0 Å². The van der Waals surface area contributed by atoms with Gasteiger partial charge in [0.1, 0.15) is 11.3 Å². The highest BCUT2D eigenvalue weighted by molar-refractivity contribution is 6.01. The van der Waals surface area contributed by atoms with Crippen LogP contribution in [0, 0.1) is 6.92 Å². The summed E-state index contributed by atoms with van der Waals surface area (Å²) in [6.07, 6.45) is 0. The fraction of sp³-hybridized carbons (Fsp3) is 0.429. The number of rotatable bonds is 1. The van der Waals surface area contributed by atoms with Crippen LogP contribution in [-0.4, -0.2) is 40.4 Å². The van der Waals surface area contributed by atoms with E-state index in [9.17, 15) is 14.7 Å². The average Bonchev–Trinajstić information content (AvgIpc) is 2.35. The molecule has 1 aliphatic rings. The third kappa shape index (κ3) is 2.28. The second-order valence-corrected chi connectivity index (χ2v) is 5.29. The first-order valence-corrected chi connectivity index (χ1v) is 6.24. The van der Waals surface area contributed by atoms with Crippen LogP contribution < -0.4 is 5.32 Å². The van der Waals surface area contributed by atoms with E-state index in [1.165, 1.54) is 11.0 Å². The number of amides is 2. The second-order valence-electron chi connectivity index (χ2n) is 5.29. The fourth-order valence-corrected chi connectivity index (χ4v) is 2.22. The summed E-state index contributed by atoms with van der Waals surface area (Å²) in [6, 6.07) is 4.88. The van der Waals surface area contributed by atoms with Crippen LogP contribution in [0.25, 0.3) is 0 Å². The molecule has 0 bridgehead atoms. The Balaban J connectivity index is 2.38. The highest BCUT2D eigenvalue weighted by Gasteiger charge is 2.41. The van der Waals surface area contributed by atoms with Crippen molar-refractivity contribution in [2.75, 3.05) is 13.1 Å². The number of carbonyl (C=O) groups is 2. The number of aryl methyl sites for hydroxylation is 1. The predicted octanol–water partition coefficient (Wildman–Crippen LogP) is 1.05. The average molecular weight is 262 g/mol. The Morgan fingerprint density at radius 3 is 2.79 bits per heavy atom. The number of hydrogen-bond acceptors (Lipinski definition) is 3. The van der Waals surface area contributed by atoms with Crippen molar-refractivity contribution < 1.29 is 14.7 Å². The fourth-order valence-electron chi connectivity index (χ4n) is 2.22. The molecule has 1 aliphatic heterocycles. The topological polar surface area (TPSA) is 69.6 Å². The standard InChI is InChI=1S/C14H18N2O3/c1-9-4-5-11(17)10(8-9)12(18)16-7-6-15-13(19)14(16,2)3/h4-5,8,17H,6-7H2,1-3H3,(H,15,19). The number of carbonyl (C=O) groups excluding carboxylic acids is 2. The molecule has 1 aromatic carbocycles. The van der Waals surface area contributed by atoms with Gasteiger partial charge >= 0.3 is 0 Å². The molecule has 2 rings (SSSR count). The molecule has 1 aromatic rings. The molecule has 0 unspecified atom stereocenters. The van der Waals surface area contributed by atoms with Crippen LogP contribution in [-0.2, 0) is 4.79 Å². The minimum Gasteiger partial charge on any atom is -0.507 e. The number of aromatic hydroxyl groups is 1. The quantitative estimate of drug-likeness (QED) is 0.795. The first-order valence-electron chi connectivity index (χ1n) is 6.24. The van der Waals surface area contributed by atoms with Gasteiger partial charge in [0.15, 0.2) is 0 Å². The van der Waals surface area contributed by atoms with Crippen molar-refractivity contribution in [1.29, 1.82) is 0 Å². The van der Waals surface area contributed by atoms with Gasteiger partial charge in [0.2, 0.25) is 5.91 Å². The third-order valence-corrected chi connectivity index (χ3v) is 3.48. The Morgan fingerprint density at radius 1 is 1.42 bits per heavy atom. The van der Waals surface area contributed by atoms with Crippen molar-refractivity contribution >= 4 is 11.8 Å². The predicted molar refractivity (Wildman–Crippen MR) is 71.0 cm³/mol. The largest absolute Gasteiger partial charge is 0.507 e. The zero-order chi connectivity index (χ0) is 14.2. The highest BCUT2D eigenvalue weighted by Crippen LogP contribution is 2.25. The van der Waals surface area contributed by atoms with Crippen LogP contribution in [0.2, 0.25) is 0 Å². The van der Waals surface area contributed by atoms with Crippen molar-refractivity contribution in [2.45, 2.75) is 26.3 Å². The lowest BCUT2D eigenvalue weighted by molar-refractivity contribution is -0.133. The lowest BCUT2D eigenvalue weighted by Gasteiger charge is -2.41. The summed E-state index contributed by atoms with van der Waals surface area (Å²) in [5, 5.41) is 12.6. The van der Waals surface area contributed by atoms with E-state index in [4.69, 9.17) is 0 Å². The molecular formula is C14H18N2O3. The number of piperazine rings is 1. The Hall–Kier alpha value is -2.04. The molecule has 102 valence electrons. The molecule has 2 amide bonds. The van der Waals surface area contributed by atoms with Crippen molar-refractivity contribution in [1.82, 2.24) is 10.2 Å². The molecule has 0 radical (unpaired) electrons. The van der Waals surface area contributed by atoms with Crippen LogP contribution in [0.4, 0.5) is 0 Å². The Labute approximate surface area is 112 Å². The minimum absolute atomic E-state index is 0.0580. The van der Waals surface area contributed by atoms with Gasteiger partial charge in [0.05, 0.1) is 5.56 Å². The van der Waals surface area contributed by atoms with Crippen LogP contribution in [0.5, 0.6) is 5.75 Å². The monoisotopic (exact) mass is 262 g/mol. The Morgan fingerprint density at radius 2 is 2.11 bits per heavy atom. The smallest absolute Gasteiger partial charge is 0.258 e. The van der Waals surface area contributed by atoms with E-state index in [1.807, 2.05) is 6.92 Å². The molecule has 2 N–H and O–H groups in total. The van der Waals surface area contributed by atoms with Gasteiger partial charge in [-0.2, -0.15) is 0 Å². The Bertz CT molecular complexity index is 537. The zero-order valence-corrected chi connectivity index (χ0v) is 11.4. The van der Waals surface area contributed by atoms with Crippen molar-refractivity contribution in [2.24, 2.45) is 0 Å². The molecule has 0 aromatic heterocycles. The van der Waals surface area contributed by atoms with Gasteiger partial charge in [0, 0.05) is 13.1 Å². The molecule has 0 saturated carbocycles. The molecule has 0 aliphatic carbocycles. The number of phenols is 1. The maximum atomic E-state index is 12.5. The lowest BCUT2D eigenvalue weighted by Crippen LogP contribution is -2.63. The number of nitrogens with zero attached hydrogens (tertiary/aromatic N) is 1. The molecule has 5 heteroatoms.